The van der Waals surface area contributed by atoms with Crippen molar-refractivity contribution in [3.8, 4) is 50.8 Å². The Morgan fingerprint density at radius 2 is 0.765 bits per heavy atom. The van der Waals surface area contributed by atoms with Gasteiger partial charge in [0.15, 0.2) is 0 Å². The maximum atomic E-state index is 9.10. The third-order valence-corrected chi connectivity index (χ3v) is 5.41. The Labute approximate surface area is 198 Å². The number of hydrogen-bond donors (Lipinski definition) is 2. The Bertz CT molecular complexity index is 1380. The molecule has 2 N–H and O–H groups in total. The van der Waals surface area contributed by atoms with Crippen LogP contribution in [0.25, 0.3) is 45.0 Å². The molecule has 6 heteroatoms. The van der Waals surface area contributed by atoms with Crippen LogP contribution in [0, 0.1) is 0 Å². The highest BCUT2D eigenvalue weighted by atomic mass is 16.6. The second-order valence-electron chi connectivity index (χ2n) is 7.68. The molecule has 1 heterocycles. The first kappa shape index (κ1) is 21.6. The van der Waals surface area contributed by atoms with E-state index in [1.807, 2.05) is 103 Å². The molecule has 0 aliphatic carbocycles. The lowest BCUT2D eigenvalue weighted by atomic mass is 9.99. The van der Waals surface area contributed by atoms with Crippen molar-refractivity contribution < 1.29 is 14.7 Å². The molecule has 0 radical (unpaired) electrons. The summed E-state index contributed by atoms with van der Waals surface area (Å²) in [6.45, 7) is 0. The predicted molar refractivity (Wildman–Crippen MR) is 135 cm³/mol. The first-order chi connectivity index (χ1) is 16.7. The van der Waals surface area contributed by atoms with Gasteiger partial charge in [-0.15, -0.1) is 0 Å². The molecule has 0 spiro atoms. The quantitative estimate of drug-likeness (QED) is 0.339. The van der Waals surface area contributed by atoms with Gasteiger partial charge in [-0.3, -0.25) is 0 Å². The van der Waals surface area contributed by atoms with E-state index >= 15 is 0 Å². The summed E-state index contributed by atoms with van der Waals surface area (Å²) in [5.41, 5.74) is 6.81. The van der Waals surface area contributed by atoms with E-state index in [1.54, 1.807) is 12.1 Å². The molecule has 0 amide bonds. The van der Waals surface area contributed by atoms with E-state index in [1.165, 1.54) is 0 Å². The highest BCUT2D eigenvalue weighted by Crippen LogP contribution is 2.37. The highest BCUT2D eigenvalue weighted by Gasteiger charge is 2.19. The Kier molecular flexibility index (Phi) is 6.16. The Hall–Kier alpha value is -4.26. The van der Waals surface area contributed by atoms with E-state index in [9.17, 15) is 0 Å². The van der Waals surface area contributed by atoms with Gasteiger partial charge in [0.1, 0.15) is 5.75 Å². The zero-order valence-electron chi connectivity index (χ0n) is 18.2. The Balaban J connectivity index is 1.76. The molecule has 0 saturated heterocycles. The van der Waals surface area contributed by atoms with Gasteiger partial charge in [0.2, 0.25) is 0 Å². The van der Waals surface area contributed by atoms with E-state index < -0.39 is 7.32 Å². The number of benzene rings is 4. The minimum absolute atomic E-state index is 0.345. The molecule has 0 aliphatic heterocycles. The summed E-state index contributed by atoms with van der Waals surface area (Å²) in [5, 5.41) is 18.2. The largest absolute Gasteiger partial charge is 0.707 e. The highest BCUT2D eigenvalue weighted by molar-refractivity contribution is 6.33. The number of nitrogens with zero attached hydrogens (tertiary/aromatic N) is 2. The lowest BCUT2D eigenvalue weighted by Gasteiger charge is -2.16. The molecular weight excluding hydrogens is 423 g/mol. The van der Waals surface area contributed by atoms with Crippen molar-refractivity contribution in [3.63, 3.8) is 0 Å². The molecular formula is C28H21BN2O3. The van der Waals surface area contributed by atoms with E-state index in [4.69, 9.17) is 24.7 Å². The van der Waals surface area contributed by atoms with Gasteiger partial charge < -0.3 is 14.7 Å². The summed E-state index contributed by atoms with van der Waals surface area (Å²) in [4.78, 5) is 10.3. The molecule has 5 nitrogen and oxygen atoms in total. The molecule has 0 aliphatic rings. The van der Waals surface area contributed by atoms with E-state index in [2.05, 4.69) is 0 Å². The number of hydrogen-bond acceptors (Lipinski definition) is 5. The molecule has 4 aromatic carbocycles. The van der Waals surface area contributed by atoms with Crippen LogP contribution in [0.2, 0.25) is 0 Å². The first-order valence-corrected chi connectivity index (χ1v) is 10.9. The van der Waals surface area contributed by atoms with Crippen molar-refractivity contribution in [2.75, 3.05) is 0 Å². The molecule has 5 rings (SSSR count). The van der Waals surface area contributed by atoms with Crippen molar-refractivity contribution in [2.24, 2.45) is 0 Å². The fourth-order valence-corrected chi connectivity index (χ4v) is 3.84. The minimum Gasteiger partial charge on any atom is -0.512 e. The summed E-state index contributed by atoms with van der Waals surface area (Å²) in [5.74, 6) is 0.345. The lowest BCUT2D eigenvalue weighted by molar-refractivity contribution is 0.288. The van der Waals surface area contributed by atoms with Crippen LogP contribution in [-0.4, -0.2) is 27.3 Å². The lowest BCUT2D eigenvalue weighted by Crippen LogP contribution is -2.20. The fourth-order valence-electron chi connectivity index (χ4n) is 3.84. The van der Waals surface area contributed by atoms with Crippen LogP contribution in [-0.2, 0) is 0 Å². The Morgan fingerprint density at radius 3 is 1.09 bits per heavy atom. The van der Waals surface area contributed by atoms with Crippen molar-refractivity contribution in [1.82, 2.24) is 9.97 Å². The van der Waals surface area contributed by atoms with Crippen molar-refractivity contribution in [1.29, 1.82) is 0 Å². The van der Waals surface area contributed by atoms with Crippen LogP contribution in [0.15, 0.2) is 115 Å². The minimum atomic E-state index is -1.87. The van der Waals surface area contributed by atoms with Crippen molar-refractivity contribution in [2.45, 2.75) is 0 Å². The van der Waals surface area contributed by atoms with Crippen LogP contribution < -0.4 is 4.65 Å². The third-order valence-electron chi connectivity index (χ3n) is 5.41. The number of rotatable bonds is 6. The topological polar surface area (TPSA) is 75.5 Å². The normalized spacial score (nSPS) is 10.6. The maximum absolute atomic E-state index is 9.10. The smallest absolute Gasteiger partial charge is 0.512 e. The molecule has 0 saturated carbocycles. The van der Waals surface area contributed by atoms with Crippen molar-refractivity contribution >= 4 is 7.32 Å². The molecule has 1 aromatic heterocycles. The van der Waals surface area contributed by atoms with Gasteiger partial charge in [-0.1, -0.05) is 91.0 Å². The second kappa shape index (κ2) is 9.71. The van der Waals surface area contributed by atoms with Crippen molar-refractivity contribution in [3.05, 3.63) is 115 Å². The van der Waals surface area contributed by atoms with Crippen LogP contribution in [0.3, 0.4) is 0 Å². The molecule has 34 heavy (non-hydrogen) atoms. The van der Waals surface area contributed by atoms with E-state index in [0.29, 0.717) is 5.75 Å². The van der Waals surface area contributed by atoms with Gasteiger partial charge in [0.05, 0.1) is 22.8 Å². The summed E-state index contributed by atoms with van der Waals surface area (Å²) in [6, 6.07) is 37.1. The standard InChI is InChI=1S/C28H21BN2O3/c32-29(33)34-24-18-16-23(17-19-24)28-27(22-14-8-3-9-15-22)30-25(20-10-4-1-5-11-20)26(31-28)21-12-6-2-7-13-21/h1-19,32-33H. The summed E-state index contributed by atoms with van der Waals surface area (Å²) < 4.78 is 4.97. The van der Waals surface area contributed by atoms with Crippen LogP contribution in [0.1, 0.15) is 0 Å². The molecule has 0 bridgehead atoms. The summed E-state index contributed by atoms with van der Waals surface area (Å²) >= 11 is 0. The Morgan fingerprint density at radius 1 is 0.441 bits per heavy atom. The van der Waals surface area contributed by atoms with Gasteiger partial charge in [-0.05, 0) is 24.3 Å². The first-order valence-electron chi connectivity index (χ1n) is 10.9. The van der Waals surface area contributed by atoms with Gasteiger partial charge in [-0.2, -0.15) is 0 Å². The summed E-state index contributed by atoms with van der Waals surface area (Å²) in [6.07, 6.45) is 0. The third kappa shape index (κ3) is 4.59. The van der Waals surface area contributed by atoms with Gasteiger partial charge in [-0.25, -0.2) is 9.97 Å². The second-order valence-corrected chi connectivity index (χ2v) is 7.68. The molecule has 5 aromatic rings. The molecule has 0 unspecified atom stereocenters. The maximum Gasteiger partial charge on any atom is 0.707 e. The van der Waals surface area contributed by atoms with E-state index in [-0.39, 0.29) is 0 Å². The van der Waals surface area contributed by atoms with Gasteiger partial charge >= 0.3 is 7.32 Å². The van der Waals surface area contributed by atoms with Gasteiger partial charge in [0, 0.05) is 22.3 Å². The molecule has 164 valence electrons. The van der Waals surface area contributed by atoms with Gasteiger partial charge in [0.25, 0.3) is 0 Å². The average molecular weight is 444 g/mol. The zero-order chi connectivity index (χ0) is 23.3. The SMILES string of the molecule is OB(O)Oc1ccc(-c2nc(-c3ccccc3)c(-c3ccccc3)nc2-c2ccccc2)cc1. The molecule has 0 atom stereocenters. The van der Waals surface area contributed by atoms with Crippen LogP contribution in [0.4, 0.5) is 0 Å². The monoisotopic (exact) mass is 444 g/mol. The number of aromatic nitrogens is 2. The fraction of sp³-hybridized carbons (Fsp3) is 0. The molecule has 0 fully saturated rings. The van der Waals surface area contributed by atoms with E-state index in [0.717, 1.165) is 45.0 Å². The average Bonchev–Trinajstić information content (AvgIpc) is 2.90. The zero-order valence-corrected chi connectivity index (χ0v) is 18.2. The predicted octanol–water partition coefficient (Wildman–Crippen LogP) is 5.49. The summed E-state index contributed by atoms with van der Waals surface area (Å²) in [7, 11) is -1.87. The van der Waals surface area contributed by atoms with Crippen LogP contribution in [0.5, 0.6) is 5.75 Å². The van der Waals surface area contributed by atoms with Crippen LogP contribution >= 0.6 is 0 Å².